The van der Waals surface area contributed by atoms with Crippen molar-refractivity contribution in [1.82, 2.24) is 4.90 Å². The monoisotopic (exact) mass is 291 g/mol. The largest absolute Gasteiger partial charge is 0.484 e. The molecule has 1 aliphatic rings. The lowest BCUT2D eigenvalue weighted by Crippen LogP contribution is -2.43. The van der Waals surface area contributed by atoms with E-state index in [2.05, 4.69) is 6.92 Å². The van der Waals surface area contributed by atoms with E-state index >= 15 is 0 Å². The fourth-order valence-corrected chi connectivity index (χ4v) is 2.80. The fraction of sp³-hybridized carbons (Fsp3) is 0.588. The van der Waals surface area contributed by atoms with E-state index in [1.165, 1.54) is 5.56 Å². The van der Waals surface area contributed by atoms with E-state index < -0.39 is 5.60 Å². The summed E-state index contributed by atoms with van der Waals surface area (Å²) in [5.74, 6) is 0.600. The highest BCUT2D eigenvalue weighted by Crippen LogP contribution is 2.29. The molecule has 116 valence electrons. The van der Waals surface area contributed by atoms with Gasteiger partial charge in [-0.25, -0.2) is 0 Å². The van der Waals surface area contributed by atoms with Crippen molar-refractivity contribution in [2.45, 2.75) is 44.6 Å². The van der Waals surface area contributed by atoms with Gasteiger partial charge >= 0.3 is 0 Å². The van der Waals surface area contributed by atoms with E-state index in [0.29, 0.717) is 12.3 Å². The Hall–Kier alpha value is -1.55. The Kier molecular flexibility index (Phi) is 5.23. The number of aryl methyl sites for hydroxylation is 1. The van der Waals surface area contributed by atoms with Gasteiger partial charge in [0.25, 0.3) is 5.91 Å². The molecule has 1 N–H and O–H groups in total. The Morgan fingerprint density at radius 2 is 1.90 bits per heavy atom. The zero-order valence-electron chi connectivity index (χ0n) is 13.0. The predicted molar refractivity (Wildman–Crippen MR) is 82.4 cm³/mol. The predicted octanol–water partition coefficient (Wildman–Crippen LogP) is 2.39. The third kappa shape index (κ3) is 4.46. The van der Waals surface area contributed by atoms with Crippen molar-refractivity contribution in [1.29, 1.82) is 0 Å². The summed E-state index contributed by atoms with van der Waals surface area (Å²) in [6.07, 6.45) is 4.63. The minimum atomic E-state index is -0.701. The van der Waals surface area contributed by atoms with E-state index in [4.69, 9.17) is 4.74 Å². The van der Waals surface area contributed by atoms with E-state index in [-0.39, 0.29) is 12.5 Å². The number of hydrogen-bond donors (Lipinski definition) is 1. The summed E-state index contributed by atoms with van der Waals surface area (Å²) in [5, 5.41) is 10.3. The quantitative estimate of drug-likeness (QED) is 0.875. The maximum atomic E-state index is 12.1. The molecule has 0 saturated heterocycles. The lowest BCUT2D eigenvalue weighted by molar-refractivity contribution is -0.135. The number of aliphatic hydroxyl groups is 1. The minimum Gasteiger partial charge on any atom is -0.484 e. The van der Waals surface area contributed by atoms with Crippen LogP contribution in [0, 0.1) is 0 Å². The van der Waals surface area contributed by atoms with Crippen molar-refractivity contribution in [2.75, 3.05) is 20.2 Å². The standard InChI is InChI=1S/C17H25NO3/c1-3-14-6-8-15(9-7-14)21-12-16(19)18(2)13-17(20)10-4-5-11-17/h6-9,20H,3-5,10-13H2,1-2H3. The highest BCUT2D eigenvalue weighted by atomic mass is 16.5. The zero-order chi connectivity index (χ0) is 15.3. The van der Waals surface area contributed by atoms with E-state index in [0.717, 1.165) is 32.1 Å². The van der Waals surface area contributed by atoms with Gasteiger partial charge in [0.05, 0.1) is 5.60 Å². The smallest absolute Gasteiger partial charge is 0.260 e. The molecule has 21 heavy (non-hydrogen) atoms. The summed E-state index contributed by atoms with van der Waals surface area (Å²) >= 11 is 0. The number of nitrogens with zero attached hydrogens (tertiary/aromatic N) is 1. The number of carbonyl (C=O) groups excluding carboxylic acids is 1. The summed E-state index contributed by atoms with van der Waals surface area (Å²) in [6.45, 7) is 2.50. The molecule has 1 saturated carbocycles. The lowest BCUT2D eigenvalue weighted by Gasteiger charge is -2.28. The van der Waals surface area contributed by atoms with Gasteiger partial charge in [0.15, 0.2) is 6.61 Å². The Morgan fingerprint density at radius 3 is 2.48 bits per heavy atom. The second-order valence-electron chi connectivity index (χ2n) is 5.97. The van der Waals surface area contributed by atoms with Crippen LogP contribution in [0.3, 0.4) is 0 Å². The summed E-state index contributed by atoms with van der Waals surface area (Å²) in [4.78, 5) is 13.6. The second-order valence-corrected chi connectivity index (χ2v) is 5.97. The van der Waals surface area contributed by atoms with Gasteiger partial charge in [0.1, 0.15) is 5.75 Å². The molecule has 1 aromatic carbocycles. The average molecular weight is 291 g/mol. The van der Waals surface area contributed by atoms with Crippen molar-refractivity contribution >= 4 is 5.91 Å². The van der Waals surface area contributed by atoms with Crippen LogP contribution in [-0.2, 0) is 11.2 Å². The molecule has 0 aliphatic heterocycles. The van der Waals surface area contributed by atoms with Crippen LogP contribution in [-0.4, -0.2) is 41.7 Å². The van der Waals surface area contributed by atoms with Crippen molar-refractivity contribution in [3.63, 3.8) is 0 Å². The zero-order valence-corrected chi connectivity index (χ0v) is 13.0. The highest BCUT2D eigenvalue weighted by molar-refractivity contribution is 5.77. The van der Waals surface area contributed by atoms with Gasteiger partial charge in [-0.05, 0) is 37.0 Å². The number of rotatable bonds is 6. The van der Waals surface area contributed by atoms with Crippen LogP contribution >= 0.6 is 0 Å². The molecule has 1 amide bonds. The molecule has 0 radical (unpaired) electrons. The maximum Gasteiger partial charge on any atom is 0.260 e. The van der Waals surface area contributed by atoms with E-state index in [9.17, 15) is 9.90 Å². The number of hydrogen-bond acceptors (Lipinski definition) is 3. The Balaban J connectivity index is 1.80. The van der Waals surface area contributed by atoms with Crippen LogP contribution < -0.4 is 4.74 Å². The third-order valence-corrected chi connectivity index (χ3v) is 4.19. The molecular formula is C17H25NO3. The molecule has 4 heteroatoms. The van der Waals surface area contributed by atoms with Crippen molar-refractivity contribution < 1.29 is 14.6 Å². The molecule has 1 aliphatic carbocycles. The molecule has 0 unspecified atom stereocenters. The van der Waals surface area contributed by atoms with Gasteiger partial charge in [0.2, 0.25) is 0 Å². The number of amides is 1. The molecule has 0 spiro atoms. The number of likely N-dealkylation sites (N-methyl/N-ethyl adjacent to an activating group) is 1. The second kappa shape index (κ2) is 6.94. The van der Waals surface area contributed by atoms with Gasteiger partial charge in [-0.3, -0.25) is 4.79 Å². The molecule has 0 aromatic heterocycles. The summed E-state index contributed by atoms with van der Waals surface area (Å²) in [7, 11) is 1.72. The normalized spacial score (nSPS) is 16.7. The minimum absolute atomic E-state index is 0.0120. The molecule has 1 fully saturated rings. The van der Waals surface area contributed by atoms with Crippen molar-refractivity contribution in [3.8, 4) is 5.75 Å². The number of ether oxygens (including phenoxy) is 1. The highest BCUT2D eigenvalue weighted by Gasteiger charge is 2.33. The van der Waals surface area contributed by atoms with E-state index in [1.807, 2.05) is 24.3 Å². The van der Waals surface area contributed by atoms with Crippen LogP contribution in [0.15, 0.2) is 24.3 Å². The lowest BCUT2D eigenvalue weighted by atomic mass is 10.0. The topological polar surface area (TPSA) is 49.8 Å². The first-order valence-electron chi connectivity index (χ1n) is 7.70. The summed E-state index contributed by atoms with van der Waals surface area (Å²) < 4.78 is 5.51. The number of benzene rings is 1. The third-order valence-electron chi connectivity index (χ3n) is 4.19. The van der Waals surface area contributed by atoms with Crippen molar-refractivity contribution in [2.24, 2.45) is 0 Å². The average Bonchev–Trinajstić information content (AvgIpc) is 2.91. The first kappa shape index (κ1) is 15.8. The van der Waals surface area contributed by atoms with Crippen LogP contribution in [0.4, 0.5) is 0 Å². The van der Waals surface area contributed by atoms with Crippen LogP contribution in [0.1, 0.15) is 38.2 Å². The molecule has 0 heterocycles. The Morgan fingerprint density at radius 1 is 1.29 bits per heavy atom. The molecule has 4 nitrogen and oxygen atoms in total. The SMILES string of the molecule is CCc1ccc(OCC(=O)N(C)CC2(O)CCCC2)cc1. The first-order valence-corrected chi connectivity index (χ1v) is 7.70. The molecule has 0 atom stereocenters. The van der Waals surface area contributed by atoms with Gasteiger partial charge in [0, 0.05) is 13.6 Å². The van der Waals surface area contributed by atoms with E-state index in [1.54, 1.807) is 11.9 Å². The summed E-state index contributed by atoms with van der Waals surface area (Å²) in [6, 6.07) is 7.78. The Bertz CT molecular complexity index is 463. The van der Waals surface area contributed by atoms with Gasteiger partial charge < -0.3 is 14.7 Å². The first-order chi connectivity index (χ1) is 10.0. The summed E-state index contributed by atoms with van der Waals surface area (Å²) in [5.41, 5.74) is 0.543. The molecule has 2 rings (SSSR count). The van der Waals surface area contributed by atoms with Gasteiger partial charge in [-0.2, -0.15) is 0 Å². The fourth-order valence-electron chi connectivity index (χ4n) is 2.80. The molecule has 1 aromatic rings. The Labute approximate surface area is 126 Å². The van der Waals surface area contributed by atoms with Crippen molar-refractivity contribution in [3.05, 3.63) is 29.8 Å². The maximum absolute atomic E-state index is 12.1. The van der Waals surface area contributed by atoms with Crippen LogP contribution in [0.5, 0.6) is 5.75 Å². The van der Waals surface area contributed by atoms with Crippen LogP contribution in [0.25, 0.3) is 0 Å². The van der Waals surface area contributed by atoms with Gasteiger partial charge in [-0.1, -0.05) is 31.9 Å². The number of carbonyl (C=O) groups is 1. The van der Waals surface area contributed by atoms with Crippen LogP contribution in [0.2, 0.25) is 0 Å². The molecular weight excluding hydrogens is 266 g/mol. The van der Waals surface area contributed by atoms with Gasteiger partial charge in [-0.15, -0.1) is 0 Å². The molecule has 0 bridgehead atoms.